The molecule has 0 spiro atoms. The van der Waals surface area contributed by atoms with Gasteiger partial charge in [0.1, 0.15) is 35.0 Å². The van der Waals surface area contributed by atoms with E-state index in [1.807, 2.05) is 6.92 Å². The van der Waals surface area contributed by atoms with Crippen molar-refractivity contribution in [1.29, 1.82) is 0 Å². The van der Waals surface area contributed by atoms with Gasteiger partial charge in [-0.2, -0.15) is 0 Å². The molecule has 0 radical (unpaired) electrons. The summed E-state index contributed by atoms with van der Waals surface area (Å²) in [5, 5.41) is 8.85. The summed E-state index contributed by atoms with van der Waals surface area (Å²) >= 11 is 0. The number of halogens is 2. The minimum Gasteiger partial charge on any atom is -0.485 e. The average molecular weight is 512 g/mol. The van der Waals surface area contributed by atoms with Crippen LogP contribution in [0.1, 0.15) is 66.3 Å². The fourth-order valence-corrected chi connectivity index (χ4v) is 4.86. The summed E-state index contributed by atoms with van der Waals surface area (Å²) < 4.78 is 40.2. The lowest BCUT2D eigenvalue weighted by Crippen LogP contribution is -2.29. The van der Waals surface area contributed by atoms with Crippen LogP contribution in [0.2, 0.25) is 0 Å². The number of furan rings is 1. The number of hydrogen-bond donors (Lipinski definition) is 1. The number of nitrogens with zero attached hydrogens (tertiary/aromatic N) is 1. The van der Waals surface area contributed by atoms with E-state index in [1.54, 1.807) is 37.4 Å². The molecule has 1 amide bonds. The number of carboxylic acid groups (broad SMARTS) is 1. The van der Waals surface area contributed by atoms with Crippen LogP contribution in [0.3, 0.4) is 0 Å². The van der Waals surface area contributed by atoms with Crippen molar-refractivity contribution in [3.8, 4) is 17.1 Å². The number of aliphatic carboxylic acids is 1. The number of carbonyl (C=O) groups is 2. The lowest BCUT2D eigenvalue weighted by Gasteiger charge is -2.30. The smallest absolute Gasteiger partial charge is 0.305 e. The number of carboxylic acids is 1. The van der Waals surface area contributed by atoms with E-state index in [4.69, 9.17) is 14.3 Å². The Balaban J connectivity index is 1.57. The normalized spacial score (nSPS) is 14.8. The van der Waals surface area contributed by atoms with Crippen molar-refractivity contribution >= 4 is 11.9 Å². The van der Waals surface area contributed by atoms with Crippen LogP contribution in [-0.4, -0.2) is 35.5 Å². The van der Waals surface area contributed by atoms with E-state index in [1.165, 1.54) is 23.5 Å². The number of aryl methyl sites for hydroxylation is 1. The van der Waals surface area contributed by atoms with Crippen LogP contribution < -0.4 is 4.74 Å². The van der Waals surface area contributed by atoms with Crippen molar-refractivity contribution in [1.82, 2.24) is 4.90 Å². The number of amides is 1. The van der Waals surface area contributed by atoms with Crippen LogP contribution in [0, 0.1) is 24.5 Å². The molecule has 1 atom stereocenters. The van der Waals surface area contributed by atoms with Crippen molar-refractivity contribution in [3.63, 3.8) is 0 Å². The van der Waals surface area contributed by atoms with Gasteiger partial charge < -0.3 is 19.2 Å². The maximum atomic E-state index is 14.4. The molecule has 1 aliphatic rings. The Morgan fingerprint density at radius 2 is 1.78 bits per heavy atom. The Morgan fingerprint density at radius 1 is 1.08 bits per heavy atom. The number of carbonyl (C=O) groups excluding carboxylic acids is 1. The highest BCUT2D eigenvalue weighted by molar-refractivity contribution is 5.94. The third-order valence-electron chi connectivity index (χ3n) is 6.91. The van der Waals surface area contributed by atoms with Crippen molar-refractivity contribution in [2.45, 2.75) is 51.6 Å². The second kappa shape index (κ2) is 11.6. The zero-order chi connectivity index (χ0) is 26.5. The van der Waals surface area contributed by atoms with Crippen molar-refractivity contribution < 1.29 is 32.6 Å². The Kier molecular flexibility index (Phi) is 8.26. The minimum absolute atomic E-state index is 0.118. The molecule has 1 N–H and O–H groups in total. The molecule has 3 aromatic rings. The molecular weight excluding hydrogens is 480 g/mol. The van der Waals surface area contributed by atoms with Crippen LogP contribution in [0.25, 0.3) is 11.3 Å². The highest BCUT2D eigenvalue weighted by Gasteiger charge is 2.31. The topological polar surface area (TPSA) is 80.0 Å². The zero-order valence-electron chi connectivity index (χ0n) is 21.0. The van der Waals surface area contributed by atoms with Gasteiger partial charge in [-0.3, -0.25) is 9.59 Å². The molecule has 0 aliphatic heterocycles. The lowest BCUT2D eigenvalue weighted by molar-refractivity contribution is -0.137. The van der Waals surface area contributed by atoms with E-state index in [0.29, 0.717) is 22.8 Å². The summed E-state index contributed by atoms with van der Waals surface area (Å²) in [7, 11) is 1.57. The molecule has 1 heterocycles. The molecule has 0 saturated heterocycles. The highest BCUT2D eigenvalue weighted by Crippen LogP contribution is 2.41. The van der Waals surface area contributed by atoms with Crippen LogP contribution in [-0.2, 0) is 4.79 Å². The van der Waals surface area contributed by atoms with Gasteiger partial charge in [0.05, 0.1) is 12.0 Å². The maximum Gasteiger partial charge on any atom is 0.305 e. The number of benzene rings is 2. The van der Waals surface area contributed by atoms with E-state index >= 15 is 0 Å². The second-order valence-electron chi connectivity index (χ2n) is 9.58. The van der Waals surface area contributed by atoms with E-state index in [9.17, 15) is 18.4 Å². The maximum absolute atomic E-state index is 14.4. The lowest BCUT2D eigenvalue weighted by atomic mass is 9.82. The van der Waals surface area contributed by atoms with Gasteiger partial charge in [-0.25, -0.2) is 8.78 Å². The molecule has 6 nitrogen and oxygen atoms in total. The Hall–Kier alpha value is -3.68. The van der Waals surface area contributed by atoms with Gasteiger partial charge in [-0.1, -0.05) is 19.3 Å². The molecule has 0 bridgehead atoms. The first-order chi connectivity index (χ1) is 17.7. The molecule has 1 unspecified atom stereocenters. The van der Waals surface area contributed by atoms with Gasteiger partial charge in [0.2, 0.25) is 0 Å². The summed E-state index contributed by atoms with van der Waals surface area (Å²) in [5.41, 5.74) is 1.44. The van der Waals surface area contributed by atoms with Crippen LogP contribution in [0.5, 0.6) is 5.75 Å². The van der Waals surface area contributed by atoms with E-state index in [2.05, 4.69) is 0 Å². The van der Waals surface area contributed by atoms with Gasteiger partial charge in [0, 0.05) is 36.7 Å². The molecule has 8 heteroatoms. The Bertz CT molecular complexity index is 1250. The molecule has 37 heavy (non-hydrogen) atoms. The van der Waals surface area contributed by atoms with Crippen LogP contribution >= 0.6 is 0 Å². The first-order valence-corrected chi connectivity index (χ1v) is 12.5. The molecule has 1 fully saturated rings. The monoisotopic (exact) mass is 511 g/mol. The van der Waals surface area contributed by atoms with Gasteiger partial charge in [0.25, 0.3) is 5.91 Å². The molecule has 4 rings (SSSR count). The van der Waals surface area contributed by atoms with Crippen LogP contribution in [0.15, 0.2) is 52.9 Å². The summed E-state index contributed by atoms with van der Waals surface area (Å²) in [4.78, 5) is 24.8. The SMILES string of the molecule is Cc1oc(-c2ccc(F)cc2F)cc1C(Oc1ccc(C(=O)N(C)CCC(=O)O)cc1)C1CCCCC1. The molecule has 2 aromatic carbocycles. The molecule has 1 aliphatic carbocycles. The first-order valence-electron chi connectivity index (χ1n) is 12.5. The standard InChI is InChI=1S/C29H31F2NO5/c1-18-24(17-26(36-18)23-13-10-21(30)16-25(23)31)28(19-6-4-3-5-7-19)37-22-11-8-20(9-12-22)29(35)32(2)15-14-27(33)34/h8-13,16-17,19,28H,3-7,14-15H2,1-2H3,(H,33,34). The summed E-state index contributed by atoms with van der Waals surface area (Å²) in [6, 6.07) is 12.0. The third kappa shape index (κ3) is 6.37. The molecular formula is C29H31F2NO5. The zero-order valence-corrected chi connectivity index (χ0v) is 21.0. The number of rotatable bonds is 9. The fourth-order valence-electron chi connectivity index (χ4n) is 4.86. The van der Waals surface area contributed by atoms with Crippen LogP contribution in [0.4, 0.5) is 8.78 Å². The summed E-state index contributed by atoms with van der Waals surface area (Å²) in [6.07, 6.45) is 4.88. The number of hydrogen-bond acceptors (Lipinski definition) is 4. The Labute approximate surface area is 214 Å². The van der Waals surface area contributed by atoms with E-state index < -0.39 is 17.6 Å². The summed E-state index contributed by atoms with van der Waals surface area (Å²) in [5.74, 6) is -0.826. The highest BCUT2D eigenvalue weighted by atomic mass is 19.1. The van der Waals surface area contributed by atoms with Crippen molar-refractivity contribution in [3.05, 3.63) is 77.1 Å². The number of ether oxygens (including phenoxy) is 1. The van der Waals surface area contributed by atoms with Crippen molar-refractivity contribution in [2.75, 3.05) is 13.6 Å². The quantitative estimate of drug-likeness (QED) is 0.343. The average Bonchev–Trinajstić information content (AvgIpc) is 3.27. The molecule has 1 aromatic heterocycles. The van der Waals surface area contributed by atoms with Gasteiger partial charge in [-0.15, -0.1) is 0 Å². The second-order valence-corrected chi connectivity index (χ2v) is 9.58. The van der Waals surface area contributed by atoms with E-state index in [0.717, 1.165) is 37.3 Å². The fraction of sp³-hybridized carbons (Fsp3) is 0.379. The van der Waals surface area contributed by atoms with Gasteiger partial charge in [-0.05, 0) is 62.2 Å². The molecule has 196 valence electrons. The van der Waals surface area contributed by atoms with Gasteiger partial charge >= 0.3 is 5.97 Å². The third-order valence-corrected chi connectivity index (χ3v) is 6.91. The largest absolute Gasteiger partial charge is 0.485 e. The predicted octanol–water partition coefficient (Wildman–Crippen LogP) is 6.78. The summed E-state index contributed by atoms with van der Waals surface area (Å²) in [6.45, 7) is 1.93. The molecule has 1 saturated carbocycles. The van der Waals surface area contributed by atoms with Gasteiger partial charge in [0.15, 0.2) is 0 Å². The van der Waals surface area contributed by atoms with E-state index in [-0.39, 0.29) is 36.5 Å². The first kappa shape index (κ1) is 26.4. The predicted molar refractivity (Wildman–Crippen MR) is 134 cm³/mol. The Morgan fingerprint density at radius 3 is 2.43 bits per heavy atom. The van der Waals surface area contributed by atoms with Crippen molar-refractivity contribution in [2.24, 2.45) is 5.92 Å². The minimum atomic E-state index is -0.961.